The van der Waals surface area contributed by atoms with E-state index in [1.165, 1.54) is 28.6 Å². The molecule has 1 aromatic heterocycles. The zero-order chi connectivity index (χ0) is 15.2. The van der Waals surface area contributed by atoms with Gasteiger partial charge in [0.15, 0.2) is 0 Å². The molecular weight excluding hydrogens is 348 g/mol. The lowest BCUT2D eigenvalue weighted by Crippen LogP contribution is -2.34. The molecule has 0 fully saturated rings. The van der Waals surface area contributed by atoms with Gasteiger partial charge in [0, 0.05) is 27.0 Å². The third kappa shape index (κ3) is 2.83. The monoisotopic (exact) mass is 368 g/mol. The summed E-state index contributed by atoms with van der Waals surface area (Å²) in [5, 5.41) is 6.97. The van der Waals surface area contributed by atoms with E-state index in [0.29, 0.717) is 5.92 Å². The van der Waals surface area contributed by atoms with Crippen LogP contribution in [0.25, 0.3) is 10.9 Å². The van der Waals surface area contributed by atoms with Gasteiger partial charge in [-0.2, -0.15) is 0 Å². The summed E-state index contributed by atoms with van der Waals surface area (Å²) in [4.78, 5) is 3.59. The molecule has 3 N–H and O–H groups in total. The van der Waals surface area contributed by atoms with E-state index in [1.54, 1.807) is 0 Å². The van der Waals surface area contributed by atoms with Crippen LogP contribution in [0.3, 0.4) is 0 Å². The molecule has 0 aliphatic heterocycles. The molecule has 0 radical (unpaired) electrons. The van der Waals surface area contributed by atoms with Crippen molar-refractivity contribution in [1.29, 1.82) is 0 Å². The highest BCUT2D eigenvalue weighted by Crippen LogP contribution is 2.41. The number of aromatic nitrogens is 1. The van der Waals surface area contributed by atoms with Crippen LogP contribution in [-0.2, 0) is 17.4 Å². The van der Waals surface area contributed by atoms with Crippen molar-refractivity contribution < 1.29 is 4.21 Å². The van der Waals surface area contributed by atoms with E-state index in [4.69, 9.17) is 5.14 Å². The summed E-state index contributed by atoms with van der Waals surface area (Å²) >= 11 is 3.56. The van der Waals surface area contributed by atoms with Crippen LogP contribution < -0.4 is 5.14 Å². The minimum atomic E-state index is -1.30. The quantitative estimate of drug-likeness (QED) is 0.839. The van der Waals surface area contributed by atoms with Crippen LogP contribution in [0.15, 0.2) is 22.7 Å². The summed E-state index contributed by atoms with van der Waals surface area (Å²) in [6.07, 6.45) is 4.30. The summed E-state index contributed by atoms with van der Waals surface area (Å²) in [7, 11) is -1.30. The highest BCUT2D eigenvalue weighted by atomic mass is 79.9. The van der Waals surface area contributed by atoms with Gasteiger partial charge in [-0.1, -0.05) is 15.9 Å². The number of benzene rings is 1. The first-order valence-electron chi connectivity index (χ1n) is 7.35. The second kappa shape index (κ2) is 5.52. The number of aryl methyl sites for hydroxylation is 1. The van der Waals surface area contributed by atoms with Gasteiger partial charge in [-0.3, -0.25) is 5.14 Å². The van der Waals surface area contributed by atoms with Gasteiger partial charge in [0.1, 0.15) is 0 Å². The molecule has 1 heterocycles. The van der Waals surface area contributed by atoms with Crippen molar-refractivity contribution in [1.82, 2.24) is 4.98 Å². The minimum Gasteiger partial charge on any atom is -0.358 e. The van der Waals surface area contributed by atoms with Crippen LogP contribution >= 0.6 is 15.9 Å². The number of halogens is 1. The first-order chi connectivity index (χ1) is 9.88. The van der Waals surface area contributed by atoms with Gasteiger partial charge in [0.2, 0.25) is 0 Å². The van der Waals surface area contributed by atoms with Crippen LogP contribution in [0.1, 0.15) is 50.3 Å². The lowest BCUT2D eigenvalue weighted by molar-refractivity contribution is 0.457. The molecule has 3 nitrogen and oxygen atoms in total. The maximum Gasteiger partial charge on any atom is 0.0945 e. The molecule has 114 valence electrons. The summed E-state index contributed by atoms with van der Waals surface area (Å²) in [6, 6.07) is 6.39. The molecule has 0 saturated carbocycles. The molecule has 0 spiro atoms. The third-order valence-corrected chi connectivity index (χ3v) is 6.32. The Morgan fingerprint density at radius 3 is 2.95 bits per heavy atom. The number of aromatic amines is 1. The predicted molar refractivity (Wildman–Crippen MR) is 92.7 cm³/mol. The second-order valence-electron chi connectivity index (χ2n) is 6.56. The van der Waals surface area contributed by atoms with E-state index in [2.05, 4.69) is 39.1 Å². The highest BCUT2D eigenvalue weighted by Gasteiger charge is 2.32. The number of hydrogen-bond donors (Lipinski definition) is 2. The molecule has 0 saturated heterocycles. The number of fused-ring (bicyclic) bond motifs is 3. The lowest BCUT2D eigenvalue weighted by atomic mass is 9.82. The second-order valence-corrected chi connectivity index (χ2v) is 9.17. The molecule has 5 heteroatoms. The third-order valence-electron chi connectivity index (χ3n) is 4.57. The Morgan fingerprint density at radius 2 is 2.24 bits per heavy atom. The minimum absolute atomic E-state index is 0.350. The van der Waals surface area contributed by atoms with Gasteiger partial charge >= 0.3 is 0 Å². The van der Waals surface area contributed by atoms with Crippen LogP contribution in [0, 0.1) is 0 Å². The molecule has 1 aromatic carbocycles. The Morgan fingerprint density at radius 1 is 1.48 bits per heavy atom. The highest BCUT2D eigenvalue weighted by molar-refractivity contribution is 9.10. The van der Waals surface area contributed by atoms with Crippen molar-refractivity contribution in [2.75, 3.05) is 0 Å². The van der Waals surface area contributed by atoms with Gasteiger partial charge in [0.05, 0.1) is 15.7 Å². The zero-order valence-corrected chi connectivity index (χ0v) is 14.8. The SMILES string of the molecule is CC(C)(C[C@H]1CCCc2c1[nH]c1ccc(Br)cc21)S(N)=O. The molecule has 0 amide bonds. The van der Waals surface area contributed by atoms with Crippen LogP contribution in [-0.4, -0.2) is 13.9 Å². The number of H-pyrrole nitrogens is 1. The predicted octanol–water partition coefficient (Wildman–Crippen LogP) is 4.14. The summed E-state index contributed by atoms with van der Waals surface area (Å²) in [6.45, 7) is 3.99. The van der Waals surface area contributed by atoms with Gasteiger partial charge < -0.3 is 4.98 Å². The van der Waals surface area contributed by atoms with Crippen LogP contribution in [0.4, 0.5) is 0 Å². The number of nitrogens with two attached hydrogens (primary N) is 1. The molecule has 0 bridgehead atoms. The van der Waals surface area contributed by atoms with Crippen LogP contribution in [0.5, 0.6) is 0 Å². The smallest absolute Gasteiger partial charge is 0.0945 e. The van der Waals surface area contributed by atoms with E-state index in [-0.39, 0.29) is 4.75 Å². The fourth-order valence-corrected chi connectivity index (χ4v) is 4.13. The summed E-state index contributed by atoms with van der Waals surface area (Å²) in [5.41, 5.74) is 3.95. The maximum absolute atomic E-state index is 11.7. The largest absolute Gasteiger partial charge is 0.358 e. The van der Waals surface area contributed by atoms with Crippen molar-refractivity contribution in [2.45, 2.75) is 50.2 Å². The average molecular weight is 369 g/mol. The van der Waals surface area contributed by atoms with Crippen molar-refractivity contribution in [3.63, 3.8) is 0 Å². The van der Waals surface area contributed by atoms with E-state index < -0.39 is 11.0 Å². The van der Waals surface area contributed by atoms with Gasteiger partial charge in [-0.05, 0) is 63.3 Å². The molecule has 3 rings (SSSR count). The van der Waals surface area contributed by atoms with Crippen molar-refractivity contribution >= 4 is 37.8 Å². The normalized spacial score (nSPS) is 20.5. The molecule has 1 aliphatic rings. The van der Waals surface area contributed by atoms with Gasteiger partial charge in [-0.25, -0.2) is 4.21 Å². The van der Waals surface area contributed by atoms with Crippen molar-refractivity contribution in [3.05, 3.63) is 33.9 Å². The molecule has 2 aromatic rings. The molecule has 1 unspecified atom stereocenters. The first-order valence-corrected chi connectivity index (χ1v) is 9.35. The van der Waals surface area contributed by atoms with Gasteiger partial charge in [-0.15, -0.1) is 0 Å². The van der Waals surface area contributed by atoms with E-state index in [0.717, 1.165) is 23.7 Å². The van der Waals surface area contributed by atoms with Crippen LogP contribution in [0.2, 0.25) is 0 Å². The Bertz CT molecular complexity index is 708. The summed E-state index contributed by atoms with van der Waals surface area (Å²) < 4.78 is 12.5. The zero-order valence-electron chi connectivity index (χ0n) is 12.4. The molecule has 21 heavy (non-hydrogen) atoms. The maximum atomic E-state index is 11.7. The summed E-state index contributed by atoms with van der Waals surface area (Å²) in [5.74, 6) is 0.419. The Balaban J connectivity index is 2.02. The fourth-order valence-electron chi connectivity index (χ4n) is 3.41. The van der Waals surface area contributed by atoms with Crippen molar-refractivity contribution in [2.24, 2.45) is 5.14 Å². The Kier molecular flexibility index (Phi) is 4.01. The van der Waals surface area contributed by atoms with Crippen molar-refractivity contribution in [3.8, 4) is 0 Å². The number of hydrogen-bond acceptors (Lipinski definition) is 1. The Labute approximate surface area is 136 Å². The topological polar surface area (TPSA) is 58.9 Å². The number of nitrogens with one attached hydrogen (secondary N) is 1. The molecule has 1 aliphatic carbocycles. The standard InChI is InChI=1S/C16H21BrN2OS/c1-16(2,21(18)20)9-10-4-3-5-12-13-8-11(17)6-7-14(13)19-15(10)12/h6-8,10,19H,3-5,9,18H2,1-2H3/t10-,21?/m1/s1. The van der Waals surface area contributed by atoms with E-state index in [9.17, 15) is 4.21 Å². The number of rotatable bonds is 3. The van der Waals surface area contributed by atoms with Gasteiger partial charge in [0.25, 0.3) is 0 Å². The molecular formula is C16H21BrN2OS. The van der Waals surface area contributed by atoms with E-state index >= 15 is 0 Å². The lowest BCUT2D eigenvalue weighted by Gasteiger charge is -2.30. The fraction of sp³-hybridized carbons (Fsp3) is 0.500. The average Bonchev–Trinajstić information content (AvgIpc) is 2.77. The first kappa shape index (κ1) is 15.3. The molecule has 2 atom stereocenters. The van der Waals surface area contributed by atoms with E-state index in [1.807, 2.05) is 13.8 Å². The Hall–Kier alpha value is -0.650.